The molecular formula is C19H23NO5. The highest BCUT2D eigenvalue weighted by Gasteiger charge is 2.24. The number of amides is 1. The first-order valence-electron chi connectivity index (χ1n) is 8.15. The van der Waals surface area contributed by atoms with Crippen LogP contribution in [-0.2, 0) is 16.1 Å². The zero-order valence-corrected chi connectivity index (χ0v) is 14.7. The Balaban J connectivity index is 1.95. The first-order chi connectivity index (χ1) is 12.0. The van der Waals surface area contributed by atoms with Crippen molar-refractivity contribution in [2.75, 3.05) is 7.11 Å². The minimum Gasteiger partial charge on any atom is -0.486 e. The summed E-state index contributed by atoms with van der Waals surface area (Å²) in [7, 11) is 1.30. The fourth-order valence-corrected chi connectivity index (χ4v) is 2.31. The van der Waals surface area contributed by atoms with Crippen molar-refractivity contribution in [2.45, 2.75) is 32.9 Å². The maximum Gasteiger partial charge on any atom is 0.328 e. The summed E-state index contributed by atoms with van der Waals surface area (Å²) in [5.74, 6) is 0.670. The Morgan fingerprint density at radius 1 is 1.12 bits per heavy atom. The fourth-order valence-electron chi connectivity index (χ4n) is 2.31. The molecule has 1 N–H and O–H groups in total. The predicted octanol–water partition coefficient (Wildman–Crippen LogP) is 3.18. The zero-order chi connectivity index (χ0) is 18.2. The SMILES string of the molecule is COC(=O)[C@H](CC(C)C)NC(=O)c1ccc(COc2ccccc2)o1. The highest BCUT2D eigenvalue weighted by Crippen LogP contribution is 2.14. The van der Waals surface area contributed by atoms with Crippen LogP contribution in [0.4, 0.5) is 0 Å². The molecule has 0 saturated heterocycles. The lowest BCUT2D eigenvalue weighted by Gasteiger charge is -2.17. The molecule has 25 heavy (non-hydrogen) atoms. The van der Waals surface area contributed by atoms with Crippen LogP contribution in [0.25, 0.3) is 0 Å². The van der Waals surface area contributed by atoms with E-state index in [1.165, 1.54) is 7.11 Å². The number of nitrogens with one attached hydrogen (secondary N) is 1. The van der Waals surface area contributed by atoms with E-state index in [-0.39, 0.29) is 18.3 Å². The van der Waals surface area contributed by atoms with E-state index >= 15 is 0 Å². The maximum absolute atomic E-state index is 12.3. The lowest BCUT2D eigenvalue weighted by atomic mass is 10.0. The number of para-hydroxylation sites is 1. The molecule has 2 rings (SSSR count). The predicted molar refractivity (Wildman–Crippen MR) is 92.2 cm³/mol. The van der Waals surface area contributed by atoms with Gasteiger partial charge in [-0.3, -0.25) is 4.79 Å². The Morgan fingerprint density at radius 3 is 2.48 bits per heavy atom. The average Bonchev–Trinajstić information content (AvgIpc) is 3.08. The molecule has 1 aromatic heterocycles. The van der Waals surface area contributed by atoms with E-state index in [1.54, 1.807) is 12.1 Å². The highest BCUT2D eigenvalue weighted by molar-refractivity contribution is 5.94. The monoisotopic (exact) mass is 345 g/mol. The van der Waals surface area contributed by atoms with Gasteiger partial charge in [-0.2, -0.15) is 0 Å². The summed E-state index contributed by atoms with van der Waals surface area (Å²) >= 11 is 0. The fraction of sp³-hybridized carbons (Fsp3) is 0.368. The summed E-state index contributed by atoms with van der Waals surface area (Å²) in [6.45, 7) is 4.14. The topological polar surface area (TPSA) is 77.8 Å². The molecule has 134 valence electrons. The summed E-state index contributed by atoms with van der Waals surface area (Å²) in [5.41, 5.74) is 0. The normalized spacial score (nSPS) is 11.8. The lowest BCUT2D eigenvalue weighted by Crippen LogP contribution is -2.42. The molecule has 6 nitrogen and oxygen atoms in total. The molecule has 0 aliphatic heterocycles. The van der Waals surface area contributed by atoms with E-state index in [4.69, 9.17) is 13.9 Å². The van der Waals surface area contributed by atoms with Crippen LogP contribution in [-0.4, -0.2) is 25.0 Å². The highest BCUT2D eigenvalue weighted by atomic mass is 16.5. The van der Waals surface area contributed by atoms with Crippen LogP contribution in [0.3, 0.4) is 0 Å². The zero-order valence-electron chi connectivity index (χ0n) is 14.7. The number of benzene rings is 1. The van der Waals surface area contributed by atoms with Crippen LogP contribution < -0.4 is 10.1 Å². The van der Waals surface area contributed by atoms with E-state index in [1.807, 2.05) is 44.2 Å². The van der Waals surface area contributed by atoms with Gasteiger partial charge in [0.1, 0.15) is 24.2 Å². The van der Waals surface area contributed by atoms with Crippen molar-refractivity contribution < 1.29 is 23.5 Å². The van der Waals surface area contributed by atoms with E-state index in [0.29, 0.717) is 17.9 Å². The van der Waals surface area contributed by atoms with E-state index < -0.39 is 17.9 Å². The van der Waals surface area contributed by atoms with Gasteiger partial charge in [0.15, 0.2) is 5.76 Å². The first-order valence-corrected chi connectivity index (χ1v) is 8.15. The Labute approximate surface area is 147 Å². The van der Waals surface area contributed by atoms with Crippen LogP contribution in [0.2, 0.25) is 0 Å². The second-order valence-corrected chi connectivity index (χ2v) is 6.05. The molecule has 0 saturated carbocycles. The molecule has 0 bridgehead atoms. The molecule has 1 atom stereocenters. The molecule has 0 unspecified atom stereocenters. The van der Waals surface area contributed by atoms with E-state index in [0.717, 1.165) is 0 Å². The first kappa shape index (κ1) is 18.6. The number of hydrogen-bond donors (Lipinski definition) is 1. The lowest BCUT2D eigenvalue weighted by molar-refractivity contribution is -0.143. The number of carbonyl (C=O) groups excluding carboxylic acids is 2. The Morgan fingerprint density at radius 2 is 1.84 bits per heavy atom. The van der Waals surface area contributed by atoms with Gasteiger partial charge in [0.25, 0.3) is 5.91 Å². The van der Waals surface area contributed by atoms with Crippen molar-refractivity contribution in [3.8, 4) is 5.75 Å². The molecular weight excluding hydrogens is 322 g/mol. The standard InChI is InChI=1S/C19H23NO5/c1-13(2)11-16(19(22)23-3)20-18(21)17-10-9-15(25-17)12-24-14-7-5-4-6-8-14/h4-10,13,16H,11-12H2,1-3H3,(H,20,21)/t16-/m0/s1. The Bertz CT molecular complexity index is 693. The molecule has 0 spiro atoms. The third-order valence-corrected chi connectivity index (χ3v) is 3.51. The molecule has 2 aromatic rings. The van der Waals surface area contributed by atoms with Gasteiger partial charge in [-0.05, 0) is 36.6 Å². The maximum atomic E-state index is 12.3. The van der Waals surface area contributed by atoms with E-state index in [9.17, 15) is 9.59 Å². The molecule has 1 heterocycles. The van der Waals surface area contributed by atoms with Gasteiger partial charge in [-0.25, -0.2) is 4.79 Å². The van der Waals surface area contributed by atoms with Crippen molar-refractivity contribution in [2.24, 2.45) is 5.92 Å². The van der Waals surface area contributed by atoms with Gasteiger partial charge < -0.3 is 19.2 Å². The molecule has 1 amide bonds. The number of esters is 1. The van der Waals surface area contributed by atoms with Crippen molar-refractivity contribution in [1.29, 1.82) is 0 Å². The minimum absolute atomic E-state index is 0.129. The Kier molecular flexibility index (Phi) is 6.62. The van der Waals surface area contributed by atoms with E-state index in [2.05, 4.69) is 5.32 Å². The van der Waals surface area contributed by atoms with Crippen LogP contribution in [0.5, 0.6) is 5.75 Å². The molecule has 0 aliphatic rings. The molecule has 1 aromatic carbocycles. The molecule has 6 heteroatoms. The van der Waals surface area contributed by atoms with Gasteiger partial charge in [0.05, 0.1) is 7.11 Å². The Hall–Kier alpha value is -2.76. The third-order valence-electron chi connectivity index (χ3n) is 3.51. The van der Waals surface area contributed by atoms with Gasteiger partial charge >= 0.3 is 5.97 Å². The minimum atomic E-state index is -0.702. The van der Waals surface area contributed by atoms with Crippen LogP contribution in [0, 0.1) is 5.92 Å². The van der Waals surface area contributed by atoms with Crippen molar-refractivity contribution in [1.82, 2.24) is 5.32 Å². The van der Waals surface area contributed by atoms with Gasteiger partial charge in [-0.1, -0.05) is 32.0 Å². The second kappa shape index (κ2) is 8.92. The summed E-state index contributed by atoms with van der Waals surface area (Å²) in [5, 5.41) is 2.65. The second-order valence-electron chi connectivity index (χ2n) is 6.05. The number of hydrogen-bond acceptors (Lipinski definition) is 5. The number of carbonyl (C=O) groups is 2. The van der Waals surface area contributed by atoms with Gasteiger partial charge in [-0.15, -0.1) is 0 Å². The molecule has 0 radical (unpaired) electrons. The number of ether oxygens (including phenoxy) is 2. The summed E-state index contributed by atoms with van der Waals surface area (Å²) in [4.78, 5) is 24.1. The molecule has 0 fully saturated rings. The average molecular weight is 345 g/mol. The molecule has 0 aliphatic carbocycles. The van der Waals surface area contributed by atoms with Crippen LogP contribution >= 0.6 is 0 Å². The third kappa shape index (κ3) is 5.67. The smallest absolute Gasteiger partial charge is 0.328 e. The summed E-state index contributed by atoms with van der Waals surface area (Å²) < 4.78 is 15.8. The van der Waals surface area contributed by atoms with Crippen molar-refractivity contribution in [3.05, 3.63) is 54.0 Å². The van der Waals surface area contributed by atoms with Crippen LogP contribution in [0.15, 0.2) is 46.9 Å². The number of methoxy groups -OCH3 is 1. The van der Waals surface area contributed by atoms with Crippen molar-refractivity contribution in [3.63, 3.8) is 0 Å². The van der Waals surface area contributed by atoms with Gasteiger partial charge in [0, 0.05) is 0 Å². The quantitative estimate of drug-likeness (QED) is 0.744. The summed E-state index contributed by atoms with van der Waals surface area (Å²) in [6, 6.07) is 11.8. The number of rotatable bonds is 8. The van der Waals surface area contributed by atoms with Gasteiger partial charge in [0.2, 0.25) is 0 Å². The van der Waals surface area contributed by atoms with Crippen molar-refractivity contribution >= 4 is 11.9 Å². The summed E-state index contributed by atoms with van der Waals surface area (Å²) in [6.07, 6.45) is 0.489. The van der Waals surface area contributed by atoms with Crippen LogP contribution in [0.1, 0.15) is 36.6 Å². The number of furan rings is 1. The largest absolute Gasteiger partial charge is 0.486 e.